The molecule has 4 aromatic heterocycles. The zero-order chi connectivity index (χ0) is 87.4. The molecule has 22 heteroatoms. The summed E-state index contributed by atoms with van der Waals surface area (Å²) in [6.45, 7) is 0. The molecule has 0 spiro atoms. The van der Waals surface area contributed by atoms with Crippen molar-refractivity contribution in [3.63, 3.8) is 0 Å². The molecule has 130 heavy (non-hydrogen) atoms. The maximum atomic E-state index is 13.5. The van der Waals surface area contributed by atoms with Gasteiger partial charge in [-0.05, 0) is 174 Å². The first-order valence-corrected chi connectivity index (χ1v) is 44.9. The van der Waals surface area contributed by atoms with Crippen molar-refractivity contribution < 1.29 is 103 Å². The van der Waals surface area contributed by atoms with E-state index in [0.29, 0.717) is 61.7 Å². The Labute approximate surface area is 803 Å². The second-order valence-electron chi connectivity index (χ2n) is 29.0. The Morgan fingerprint density at radius 2 is 0.792 bits per heavy atom. The molecule has 622 valence electrons. The van der Waals surface area contributed by atoms with Gasteiger partial charge in [-0.25, -0.2) is 35.2 Å². The number of nitrogens with one attached hydrogen (secondary N) is 1. The number of anilines is 1. The summed E-state index contributed by atoms with van der Waals surface area (Å²) in [4.78, 5) is 30.9. The van der Waals surface area contributed by atoms with Gasteiger partial charge in [0.1, 0.15) is 25.8 Å². The van der Waals surface area contributed by atoms with Crippen LogP contribution >= 0.6 is 0 Å². The largest absolute Gasteiger partial charge is 1.00 e. The summed E-state index contributed by atoms with van der Waals surface area (Å²) in [7, 11) is -10.1. The molecule has 0 aliphatic heterocycles. The van der Waals surface area contributed by atoms with Crippen LogP contribution in [-0.2, 0) is 49.5 Å². The summed E-state index contributed by atoms with van der Waals surface area (Å²) in [6, 6.07) is 131. The number of benzene rings is 15. The number of methoxy groups -OCH3 is 1. The number of hydrogen-bond donors (Lipinski definition) is 1. The maximum Gasteiger partial charge on any atom is 1.00 e. The molecule has 0 saturated carbocycles. The van der Waals surface area contributed by atoms with Crippen molar-refractivity contribution >= 4 is 149 Å². The van der Waals surface area contributed by atoms with E-state index in [9.17, 15) is 30.0 Å². The Morgan fingerprint density at radius 1 is 0.346 bits per heavy atom. The van der Waals surface area contributed by atoms with Crippen molar-refractivity contribution in [2.24, 2.45) is 0 Å². The van der Waals surface area contributed by atoms with E-state index in [-0.39, 0.29) is 88.5 Å². The molecule has 0 bridgehead atoms. The summed E-state index contributed by atoms with van der Waals surface area (Å²) >= 11 is 0. The summed E-state index contributed by atoms with van der Waals surface area (Å²) < 4.78 is 94.8. The number of amides is 1. The Morgan fingerprint density at radius 3 is 1.40 bits per heavy atom. The third kappa shape index (κ3) is 23.4. The fourth-order valence-corrected chi connectivity index (χ4v) is 17.6. The number of pyridine rings is 4. The van der Waals surface area contributed by atoms with Crippen molar-refractivity contribution in [3.05, 3.63) is 496 Å². The number of carbonyl (C=O) groups is 1. The number of para-hydroxylation sites is 3. The van der Waals surface area contributed by atoms with Gasteiger partial charge in [0.15, 0.2) is 0 Å². The minimum Gasteiger partial charge on any atom is -0.621 e. The van der Waals surface area contributed by atoms with E-state index in [1.165, 1.54) is 24.8 Å². The molecule has 19 rings (SSSR count). The van der Waals surface area contributed by atoms with E-state index < -0.39 is 30.1 Å². The van der Waals surface area contributed by atoms with E-state index in [1.54, 1.807) is 116 Å². The fraction of sp³-hybridized carbons (Fsp3) is 0.00926. The quantitative estimate of drug-likeness (QED) is 0.0522. The van der Waals surface area contributed by atoms with E-state index in [0.717, 1.165) is 88.2 Å². The molecule has 1 N–H and O–H groups in total. The van der Waals surface area contributed by atoms with Crippen LogP contribution in [0.4, 0.5) is 22.7 Å². The smallest absolute Gasteiger partial charge is 0.621 e. The van der Waals surface area contributed by atoms with Gasteiger partial charge in [0, 0.05) is 42.6 Å². The Balaban J connectivity index is 0.000000150. The molecule has 0 fully saturated rings. The van der Waals surface area contributed by atoms with Gasteiger partial charge in [-0.3, -0.25) is 14.7 Å². The van der Waals surface area contributed by atoms with Gasteiger partial charge in [-0.2, -0.15) is 0 Å². The summed E-state index contributed by atoms with van der Waals surface area (Å²) in [5.74, 6) is 0.325. The molecule has 0 aliphatic rings. The van der Waals surface area contributed by atoms with E-state index >= 15 is 0 Å². The minimum atomic E-state index is -3.98. The number of carbonyl (C=O) groups excluding carboxylic acids is 1. The number of fused-ring (bicyclic) bond motifs is 5. The third-order valence-electron chi connectivity index (χ3n) is 20.6. The number of nitrogens with zero attached hydrogens (tertiary/aromatic N) is 7. The van der Waals surface area contributed by atoms with E-state index in [1.807, 2.05) is 237 Å². The molecule has 0 saturated heterocycles. The van der Waals surface area contributed by atoms with Gasteiger partial charge in [0.05, 0.1) is 66.8 Å². The van der Waals surface area contributed by atoms with Gasteiger partial charge < -0.3 is 24.3 Å². The third-order valence-corrected chi connectivity index (χ3v) is 24.6. The van der Waals surface area contributed by atoms with Gasteiger partial charge in [-0.15, -0.1) is 17.1 Å². The predicted octanol–water partition coefficient (Wildman–Crippen LogP) is 20.6. The summed E-state index contributed by atoms with van der Waals surface area (Å²) in [6.07, 6.45) is 11.4. The van der Waals surface area contributed by atoms with Gasteiger partial charge >= 0.3 is 48.4 Å². The zero-order valence-corrected chi connectivity index (χ0v) is 78.5. The summed E-state index contributed by atoms with van der Waals surface area (Å²) in [5.41, 5.74) is 16.8. The number of rotatable bonds is 21. The first-order chi connectivity index (χ1) is 62.1. The second-order valence-corrected chi connectivity index (χ2v) is 33.9. The van der Waals surface area contributed by atoms with Crippen LogP contribution < -0.4 is 57.9 Å². The van der Waals surface area contributed by atoms with Crippen LogP contribution in [0.15, 0.2) is 446 Å². The second kappa shape index (κ2) is 44.3. The molecule has 0 atom stereocenters. The van der Waals surface area contributed by atoms with Crippen molar-refractivity contribution in [1.82, 2.24) is 19.9 Å². The van der Waals surface area contributed by atoms with Crippen LogP contribution in [0.5, 0.6) is 5.75 Å². The first kappa shape index (κ1) is 93.8. The molecule has 15 aromatic carbocycles. The number of aromatic nitrogens is 4. The molecule has 1 amide bonds. The molecule has 19 aromatic rings. The predicted molar refractivity (Wildman–Crippen MR) is 516 cm³/mol. The van der Waals surface area contributed by atoms with Crippen LogP contribution in [0.1, 0.15) is 55.1 Å². The molecular weight excluding hydrogens is 1730 g/mol. The molecule has 16 nitrogen and oxygen atoms in total. The van der Waals surface area contributed by atoms with Crippen LogP contribution in [-0.4, -0.2) is 58.2 Å². The first-order valence-electron chi connectivity index (χ1n) is 40.5. The van der Waals surface area contributed by atoms with Crippen LogP contribution in [0.2, 0.25) is 0 Å². The van der Waals surface area contributed by atoms with Crippen LogP contribution in [0.3, 0.4) is 0 Å². The molecule has 0 unspecified atom stereocenters. The maximum absolute atomic E-state index is 13.5. The number of ether oxygens (including phenoxy) is 1. The van der Waals surface area contributed by atoms with Crippen molar-refractivity contribution in [2.45, 2.75) is 14.7 Å². The minimum absolute atomic E-state index is 0. The molecule has 0 aliphatic carbocycles. The van der Waals surface area contributed by atoms with Crippen LogP contribution in [0, 0.1) is 0 Å². The summed E-state index contributed by atoms with van der Waals surface area (Å²) in [5, 5.41) is 9.11. The fourth-order valence-electron chi connectivity index (χ4n) is 14.3. The topological polar surface area (TPSA) is 235 Å². The van der Waals surface area contributed by atoms with Crippen molar-refractivity contribution in [3.8, 4) is 16.9 Å². The molecule has 0 radical (unpaired) electrons. The Kier molecular flexibility index (Phi) is 31.9. The van der Waals surface area contributed by atoms with E-state index in [2.05, 4.69) is 120 Å². The van der Waals surface area contributed by atoms with Crippen LogP contribution in [0.25, 0.3) is 116 Å². The van der Waals surface area contributed by atoms with Gasteiger partial charge in [-0.1, -0.05) is 352 Å². The monoisotopic (exact) mass is 1810 g/mol. The molecular formula is C108H79LiN8NaO8S3Zn-. The van der Waals surface area contributed by atoms with Crippen molar-refractivity contribution in [2.75, 3.05) is 11.8 Å². The van der Waals surface area contributed by atoms with Crippen molar-refractivity contribution in [1.29, 1.82) is 0 Å². The average Bonchev–Trinajstić information content (AvgIpc) is 0.768. The Bertz CT molecular complexity index is 7510. The normalized spacial score (nSPS) is 11.0. The zero-order valence-electron chi connectivity index (χ0n) is 71.1. The Hall–Kier alpha value is -13.8. The number of sulfonamides is 3. The SMILES string of the molecule is COc1ccc(S(=O)(=O)[N-]c2cccc3ccc(C=Cc4ccc(-c5ccccc5)cc4)nc23)cc1.O=C([N-]c1cccc2cccnc12)c1ccccc1.O=S(=O)(Nc1cccc2ccc(C=C(c3ccccc3)c3ccccc3)nc12)c1ccccc1.O=S(=O)([N-]c1ccc(C=C(c2ccccc2)c2ccccc2)c2cccnc12)c1cccc2ccccc12.[Li+].[Na+].[Zn]. The molecule has 4 heterocycles. The van der Waals surface area contributed by atoms with Gasteiger partial charge in [0.25, 0.3) is 10.0 Å². The van der Waals surface area contributed by atoms with Gasteiger partial charge in [0.2, 0.25) is 0 Å². The average molecular weight is 1810 g/mol. The standard InChI is InChI=1S/C33H23N2O2S.C30H23N2O3S.C29H22N2O2S.C16H12N2O.Li.Na.Zn/c36-38(37,32-19-9-16-24-15-7-8-17-28(24)32)35-31-21-20-27(29-18-10-22-34-33(29)31)23-30(25-11-3-1-4-12-25)26-13-5-2-6-14-26;1-35-27-18-20-28(21-19-27)36(33,34)32-29-9-5-8-25-15-17-26(31-30(25)29)16-12-22-10-13-24(14-11-22)23-6-3-2-4-7-23;32-34(33,26-16-8-3-9-17-26)31-28-18-10-15-24-19-20-25(30-29(24)28)21-27(22-11-4-1-5-12-22)23-13-6-2-7-14-23;19-16(13-6-2-1-3-7-13)18-14-10-4-8-12-9-5-11-17-15(12)14;;;/h1-23H;2-21H,1H3;1-21,31H;1-11H,(H,18,19);;;/q2*-1;;;2*+1;/p-1. The van der Waals surface area contributed by atoms with E-state index in [4.69, 9.17) is 14.7 Å². The number of hydrogen-bond acceptors (Lipinski definition) is 12.